The number of benzene rings is 1. The van der Waals surface area contributed by atoms with Gasteiger partial charge in [0.05, 0.1) is 0 Å². The van der Waals surface area contributed by atoms with Crippen molar-refractivity contribution >= 4 is 0 Å². The smallest absolute Gasteiger partial charge is 0.0416 e. The Balaban J connectivity index is 1.68. The summed E-state index contributed by atoms with van der Waals surface area (Å²) in [6, 6.07) is 17.7. The van der Waals surface area contributed by atoms with Gasteiger partial charge in [-0.25, -0.2) is 0 Å². The summed E-state index contributed by atoms with van der Waals surface area (Å²) in [4.78, 5) is 7.00. The molecule has 1 aliphatic rings. The average Bonchev–Trinajstić information content (AvgIpc) is 2.99. The lowest BCUT2D eigenvalue weighted by Gasteiger charge is -2.31. The molecule has 3 heteroatoms. The number of nitrogens with zero attached hydrogens (tertiary/aromatic N) is 2. The number of hydrogen-bond donors (Lipinski definition) is 1. The van der Waals surface area contributed by atoms with Crippen molar-refractivity contribution in [2.24, 2.45) is 5.73 Å². The van der Waals surface area contributed by atoms with E-state index in [9.17, 15) is 0 Å². The molecule has 2 unspecified atom stereocenters. The molecule has 0 bridgehead atoms. The maximum absolute atomic E-state index is 6.35. The lowest BCUT2D eigenvalue weighted by molar-refractivity contribution is 0.178. The first-order chi connectivity index (χ1) is 10.8. The molecule has 1 aromatic carbocycles. The molecule has 2 atom stereocenters. The van der Waals surface area contributed by atoms with E-state index < -0.39 is 0 Å². The van der Waals surface area contributed by atoms with E-state index in [1.165, 1.54) is 18.4 Å². The van der Waals surface area contributed by atoms with Crippen LogP contribution in [0.15, 0.2) is 54.7 Å². The minimum Gasteiger partial charge on any atom is -0.326 e. The van der Waals surface area contributed by atoms with Crippen molar-refractivity contribution in [2.45, 2.75) is 44.3 Å². The zero-order valence-electron chi connectivity index (χ0n) is 13.1. The Morgan fingerprint density at radius 2 is 1.86 bits per heavy atom. The monoisotopic (exact) mass is 295 g/mol. The van der Waals surface area contributed by atoms with Crippen molar-refractivity contribution < 1.29 is 0 Å². The Bertz CT molecular complexity index is 555. The minimum absolute atomic E-state index is 0.312. The van der Waals surface area contributed by atoms with E-state index >= 15 is 0 Å². The van der Waals surface area contributed by atoms with Gasteiger partial charge in [-0.2, -0.15) is 0 Å². The van der Waals surface area contributed by atoms with Gasteiger partial charge < -0.3 is 5.73 Å². The third kappa shape index (κ3) is 3.93. The highest BCUT2D eigenvalue weighted by atomic mass is 15.2. The second-order valence-corrected chi connectivity index (χ2v) is 6.19. The van der Waals surface area contributed by atoms with E-state index in [1.807, 2.05) is 12.3 Å². The molecule has 2 aromatic rings. The van der Waals surface area contributed by atoms with Crippen molar-refractivity contribution in [3.8, 4) is 0 Å². The van der Waals surface area contributed by atoms with Crippen LogP contribution in [0.1, 0.15) is 30.5 Å². The van der Waals surface area contributed by atoms with Crippen LogP contribution in [0.5, 0.6) is 0 Å². The van der Waals surface area contributed by atoms with Gasteiger partial charge in [-0.05, 0) is 30.5 Å². The van der Waals surface area contributed by atoms with E-state index in [-0.39, 0.29) is 0 Å². The molecule has 3 nitrogen and oxygen atoms in total. The lowest BCUT2D eigenvalue weighted by Crippen LogP contribution is -2.44. The summed E-state index contributed by atoms with van der Waals surface area (Å²) in [5, 5.41) is 0. The van der Waals surface area contributed by atoms with Gasteiger partial charge in [0.25, 0.3) is 0 Å². The second kappa shape index (κ2) is 7.52. The number of rotatable bonds is 6. The van der Waals surface area contributed by atoms with E-state index in [0.717, 1.165) is 31.6 Å². The van der Waals surface area contributed by atoms with Crippen LogP contribution in [0.3, 0.4) is 0 Å². The molecule has 2 N–H and O–H groups in total. The summed E-state index contributed by atoms with van der Waals surface area (Å²) in [6.45, 7) is 2.00. The Morgan fingerprint density at radius 1 is 1.05 bits per heavy atom. The van der Waals surface area contributed by atoms with Gasteiger partial charge in [0.1, 0.15) is 0 Å². The molecule has 0 amide bonds. The maximum Gasteiger partial charge on any atom is 0.0416 e. The van der Waals surface area contributed by atoms with Crippen LogP contribution in [0.2, 0.25) is 0 Å². The molecule has 1 aromatic heterocycles. The summed E-state index contributed by atoms with van der Waals surface area (Å²) in [7, 11) is 0. The van der Waals surface area contributed by atoms with Crippen LogP contribution in [0.4, 0.5) is 0 Å². The van der Waals surface area contributed by atoms with Gasteiger partial charge in [-0.15, -0.1) is 0 Å². The summed E-state index contributed by atoms with van der Waals surface area (Å²) in [6.07, 6.45) is 6.48. The quantitative estimate of drug-likeness (QED) is 0.891. The highest BCUT2D eigenvalue weighted by Gasteiger charge is 2.29. The van der Waals surface area contributed by atoms with Gasteiger partial charge in [-0.1, -0.05) is 42.8 Å². The van der Waals surface area contributed by atoms with Gasteiger partial charge in [0.15, 0.2) is 0 Å². The topological polar surface area (TPSA) is 42.1 Å². The molecule has 0 radical (unpaired) electrons. The zero-order chi connectivity index (χ0) is 15.2. The van der Waals surface area contributed by atoms with Crippen LogP contribution >= 0.6 is 0 Å². The molecule has 1 heterocycles. The van der Waals surface area contributed by atoms with Crippen LogP contribution < -0.4 is 5.73 Å². The predicted octanol–water partition coefficient (Wildman–Crippen LogP) is 3.01. The van der Waals surface area contributed by atoms with E-state index in [1.54, 1.807) is 0 Å². The van der Waals surface area contributed by atoms with Gasteiger partial charge >= 0.3 is 0 Å². The van der Waals surface area contributed by atoms with E-state index in [4.69, 9.17) is 5.73 Å². The maximum atomic E-state index is 6.35. The van der Waals surface area contributed by atoms with Crippen LogP contribution in [0.25, 0.3) is 0 Å². The molecule has 0 spiro atoms. The fraction of sp³-hybridized carbons (Fsp3) is 0.421. The van der Waals surface area contributed by atoms with Crippen molar-refractivity contribution in [2.75, 3.05) is 6.54 Å². The SMILES string of the molecule is NC1CCCC1N(CCc1ccccn1)Cc1ccccc1. The van der Waals surface area contributed by atoms with Crippen molar-refractivity contribution in [3.63, 3.8) is 0 Å². The number of aromatic nitrogens is 1. The normalized spacial score (nSPS) is 21.4. The van der Waals surface area contributed by atoms with Crippen LogP contribution in [-0.4, -0.2) is 28.5 Å². The van der Waals surface area contributed by atoms with Gasteiger partial charge in [0.2, 0.25) is 0 Å². The van der Waals surface area contributed by atoms with Crippen molar-refractivity contribution in [1.29, 1.82) is 0 Å². The Morgan fingerprint density at radius 3 is 2.55 bits per heavy atom. The third-order valence-electron chi connectivity index (χ3n) is 4.61. The number of hydrogen-bond acceptors (Lipinski definition) is 3. The zero-order valence-corrected chi connectivity index (χ0v) is 13.1. The number of nitrogens with two attached hydrogens (primary N) is 1. The van der Waals surface area contributed by atoms with Gasteiger partial charge in [0, 0.05) is 43.5 Å². The molecular weight excluding hydrogens is 270 g/mol. The molecule has 22 heavy (non-hydrogen) atoms. The molecule has 1 fully saturated rings. The first kappa shape index (κ1) is 15.2. The molecule has 1 saturated carbocycles. The molecule has 0 aliphatic heterocycles. The largest absolute Gasteiger partial charge is 0.326 e. The molecule has 116 valence electrons. The Hall–Kier alpha value is -1.71. The van der Waals surface area contributed by atoms with Crippen molar-refractivity contribution in [3.05, 3.63) is 66.0 Å². The summed E-state index contributed by atoms with van der Waals surface area (Å²) in [5.41, 5.74) is 8.87. The second-order valence-electron chi connectivity index (χ2n) is 6.19. The fourth-order valence-corrected chi connectivity index (χ4v) is 3.41. The molecule has 0 saturated heterocycles. The molecule has 3 rings (SSSR count). The van der Waals surface area contributed by atoms with E-state index in [0.29, 0.717) is 12.1 Å². The standard InChI is InChI=1S/C19H25N3/c20-18-10-6-11-19(18)22(15-16-7-2-1-3-8-16)14-12-17-9-4-5-13-21-17/h1-5,7-9,13,18-19H,6,10-12,14-15,20H2. The average molecular weight is 295 g/mol. The lowest BCUT2D eigenvalue weighted by atomic mass is 10.1. The highest BCUT2D eigenvalue weighted by Crippen LogP contribution is 2.24. The predicted molar refractivity (Wildman–Crippen MR) is 90.4 cm³/mol. The Kier molecular flexibility index (Phi) is 5.20. The minimum atomic E-state index is 0.312. The molecule has 1 aliphatic carbocycles. The molecular formula is C19H25N3. The summed E-state index contributed by atoms with van der Waals surface area (Å²) >= 11 is 0. The first-order valence-corrected chi connectivity index (χ1v) is 8.26. The fourth-order valence-electron chi connectivity index (χ4n) is 3.41. The highest BCUT2D eigenvalue weighted by molar-refractivity contribution is 5.15. The third-order valence-corrected chi connectivity index (χ3v) is 4.61. The van der Waals surface area contributed by atoms with Crippen LogP contribution in [-0.2, 0) is 13.0 Å². The van der Waals surface area contributed by atoms with Crippen LogP contribution in [0, 0.1) is 0 Å². The van der Waals surface area contributed by atoms with E-state index in [2.05, 4.69) is 52.3 Å². The summed E-state index contributed by atoms with van der Waals surface area (Å²) < 4.78 is 0. The Labute approximate surface area is 133 Å². The number of pyridine rings is 1. The first-order valence-electron chi connectivity index (χ1n) is 8.26. The summed E-state index contributed by atoms with van der Waals surface area (Å²) in [5.74, 6) is 0. The van der Waals surface area contributed by atoms with Crippen molar-refractivity contribution in [1.82, 2.24) is 9.88 Å². The van der Waals surface area contributed by atoms with Gasteiger partial charge in [-0.3, -0.25) is 9.88 Å².